The molecule has 1 fully saturated rings. The average Bonchev–Trinajstić information content (AvgIpc) is 2.70. The van der Waals surface area contributed by atoms with Crippen LogP contribution in [-0.2, 0) is 9.84 Å². The Hall–Kier alpha value is -1.18. The number of β-amino-alcohol motifs (C(OH)–C–C–N with tert-alkyl or cyclic N) is 1. The van der Waals surface area contributed by atoms with Crippen molar-refractivity contribution in [2.24, 2.45) is 0 Å². The zero-order chi connectivity index (χ0) is 15.5. The smallest absolute Gasteiger partial charge is 0.152 e. The standard InChI is InChI=1S/C14H20FNO4S/c1-14(6-7-21(18,19)10-14)16-8-12(17)9-20-13-4-2-11(15)3-5-13/h2-5,12,16-17H,6-10H2,1H3. The molecule has 2 rings (SSSR count). The molecular formula is C14H20FNO4S. The minimum atomic E-state index is -2.97. The third kappa shape index (κ3) is 4.94. The van der Waals surface area contributed by atoms with E-state index in [-0.39, 0.29) is 30.5 Å². The highest BCUT2D eigenvalue weighted by atomic mass is 32.2. The quantitative estimate of drug-likeness (QED) is 0.809. The zero-order valence-electron chi connectivity index (χ0n) is 11.9. The van der Waals surface area contributed by atoms with Crippen LogP contribution in [0.15, 0.2) is 24.3 Å². The highest BCUT2D eigenvalue weighted by Gasteiger charge is 2.38. The van der Waals surface area contributed by atoms with Crippen LogP contribution < -0.4 is 10.1 Å². The molecule has 2 N–H and O–H groups in total. The van der Waals surface area contributed by atoms with Crippen LogP contribution in [0.25, 0.3) is 0 Å². The Morgan fingerprint density at radius 3 is 2.67 bits per heavy atom. The number of sulfone groups is 1. The second-order valence-corrected chi connectivity index (χ2v) is 7.89. The number of hydrogen-bond donors (Lipinski definition) is 2. The first-order chi connectivity index (χ1) is 9.78. The van der Waals surface area contributed by atoms with Crippen LogP contribution in [0.3, 0.4) is 0 Å². The summed E-state index contributed by atoms with van der Waals surface area (Å²) in [5, 5.41) is 12.9. The number of nitrogens with one attached hydrogen (secondary N) is 1. The first kappa shape index (κ1) is 16.2. The van der Waals surface area contributed by atoms with Gasteiger partial charge in [0.1, 0.15) is 24.3 Å². The highest BCUT2D eigenvalue weighted by molar-refractivity contribution is 7.91. The van der Waals surface area contributed by atoms with Gasteiger partial charge in [-0.3, -0.25) is 0 Å². The molecule has 1 aliphatic rings. The maximum absolute atomic E-state index is 12.7. The predicted molar refractivity (Wildman–Crippen MR) is 77.6 cm³/mol. The van der Waals surface area contributed by atoms with Crippen LogP contribution in [0, 0.1) is 5.82 Å². The van der Waals surface area contributed by atoms with Gasteiger partial charge in [-0.1, -0.05) is 0 Å². The van der Waals surface area contributed by atoms with E-state index < -0.39 is 21.5 Å². The summed E-state index contributed by atoms with van der Waals surface area (Å²) >= 11 is 0. The van der Waals surface area contributed by atoms with E-state index in [1.54, 1.807) is 0 Å². The Balaban J connectivity index is 1.75. The molecule has 2 atom stereocenters. The average molecular weight is 317 g/mol. The van der Waals surface area contributed by atoms with Crippen molar-refractivity contribution in [3.8, 4) is 5.75 Å². The van der Waals surface area contributed by atoms with Gasteiger partial charge in [0.2, 0.25) is 0 Å². The number of halogens is 1. The van der Waals surface area contributed by atoms with Gasteiger partial charge < -0.3 is 15.2 Å². The monoisotopic (exact) mass is 317 g/mol. The van der Waals surface area contributed by atoms with E-state index in [9.17, 15) is 17.9 Å². The van der Waals surface area contributed by atoms with Crippen molar-refractivity contribution in [2.75, 3.05) is 24.7 Å². The molecule has 118 valence electrons. The molecule has 1 heterocycles. The molecule has 0 aliphatic carbocycles. The van der Waals surface area contributed by atoms with E-state index in [0.29, 0.717) is 12.2 Å². The van der Waals surface area contributed by atoms with Crippen molar-refractivity contribution >= 4 is 9.84 Å². The van der Waals surface area contributed by atoms with Crippen LogP contribution >= 0.6 is 0 Å². The van der Waals surface area contributed by atoms with E-state index in [1.165, 1.54) is 24.3 Å². The van der Waals surface area contributed by atoms with Crippen molar-refractivity contribution in [1.29, 1.82) is 0 Å². The Morgan fingerprint density at radius 1 is 1.43 bits per heavy atom. The fourth-order valence-corrected chi connectivity index (χ4v) is 4.42. The van der Waals surface area contributed by atoms with Gasteiger partial charge in [0.25, 0.3) is 0 Å². The minimum absolute atomic E-state index is 0.0570. The van der Waals surface area contributed by atoms with Crippen molar-refractivity contribution in [3.05, 3.63) is 30.1 Å². The molecule has 0 radical (unpaired) electrons. The van der Waals surface area contributed by atoms with E-state index in [0.717, 1.165) is 0 Å². The molecule has 0 amide bonds. The topological polar surface area (TPSA) is 75.6 Å². The van der Waals surface area contributed by atoms with Crippen molar-refractivity contribution in [1.82, 2.24) is 5.32 Å². The Kier molecular flexibility index (Phi) is 4.85. The number of benzene rings is 1. The van der Waals surface area contributed by atoms with E-state index in [4.69, 9.17) is 4.74 Å². The highest BCUT2D eigenvalue weighted by Crippen LogP contribution is 2.22. The molecule has 0 bridgehead atoms. The molecule has 21 heavy (non-hydrogen) atoms. The van der Waals surface area contributed by atoms with Gasteiger partial charge in [-0.15, -0.1) is 0 Å². The first-order valence-corrected chi connectivity index (χ1v) is 8.62. The summed E-state index contributed by atoms with van der Waals surface area (Å²) in [5.74, 6) is 0.398. The second-order valence-electron chi connectivity index (χ2n) is 5.70. The molecular weight excluding hydrogens is 297 g/mol. The fraction of sp³-hybridized carbons (Fsp3) is 0.571. The summed E-state index contributed by atoms with van der Waals surface area (Å²) in [6.07, 6.45) is -0.226. The van der Waals surface area contributed by atoms with E-state index >= 15 is 0 Å². The molecule has 0 aromatic heterocycles. The molecule has 1 aromatic carbocycles. The van der Waals surface area contributed by atoms with Gasteiger partial charge >= 0.3 is 0 Å². The largest absolute Gasteiger partial charge is 0.491 e. The normalized spacial score (nSPS) is 25.7. The third-order valence-electron chi connectivity index (χ3n) is 3.52. The maximum atomic E-state index is 12.7. The minimum Gasteiger partial charge on any atom is -0.491 e. The number of rotatable bonds is 6. The Labute approximate surface area is 124 Å². The van der Waals surface area contributed by atoms with Crippen molar-refractivity contribution in [3.63, 3.8) is 0 Å². The number of aliphatic hydroxyl groups excluding tert-OH is 1. The van der Waals surface area contributed by atoms with Gasteiger partial charge in [-0.2, -0.15) is 0 Å². The summed E-state index contributed by atoms with van der Waals surface area (Å²) < 4.78 is 41.0. The maximum Gasteiger partial charge on any atom is 0.152 e. The molecule has 1 saturated heterocycles. The summed E-state index contributed by atoms with van der Waals surface area (Å²) in [7, 11) is -2.97. The van der Waals surface area contributed by atoms with Gasteiger partial charge in [-0.25, -0.2) is 12.8 Å². The third-order valence-corrected chi connectivity index (χ3v) is 5.43. The lowest BCUT2D eigenvalue weighted by Crippen LogP contribution is -2.47. The Morgan fingerprint density at radius 2 is 2.10 bits per heavy atom. The van der Waals surface area contributed by atoms with Crippen LogP contribution in [0.2, 0.25) is 0 Å². The molecule has 1 aliphatic heterocycles. The molecule has 5 nitrogen and oxygen atoms in total. The predicted octanol–water partition coefficient (Wildman–Crippen LogP) is 0.732. The van der Waals surface area contributed by atoms with Gasteiger partial charge in [-0.05, 0) is 37.6 Å². The lowest BCUT2D eigenvalue weighted by molar-refractivity contribution is 0.0993. The van der Waals surface area contributed by atoms with Gasteiger partial charge in [0.15, 0.2) is 9.84 Å². The van der Waals surface area contributed by atoms with Crippen LogP contribution in [0.4, 0.5) is 4.39 Å². The molecule has 1 aromatic rings. The first-order valence-electron chi connectivity index (χ1n) is 6.80. The van der Waals surface area contributed by atoms with Gasteiger partial charge in [0, 0.05) is 12.1 Å². The lowest BCUT2D eigenvalue weighted by Gasteiger charge is -2.25. The summed E-state index contributed by atoms with van der Waals surface area (Å²) in [6, 6.07) is 5.54. The van der Waals surface area contributed by atoms with Crippen molar-refractivity contribution in [2.45, 2.75) is 25.0 Å². The Bertz CT molecular complexity index is 575. The fourth-order valence-electron chi connectivity index (χ4n) is 2.30. The molecule has 0 saturated carbocycles. The summed E-state index contributed by atoms with van der Waals surface area (Å²) in [6.45, 7) is 2.14. The zero-order valence-corrected chi connectivity index (χ0v) is 12.7. The number of aliphatic hydroxyl groups is 1. The van der Waals surface area contributed by atoms with E-state index in [1.807, 2.05) is 6.92 Å². The summed E-state index contributed by atoms with van der Waals surface area (Å²) in [4.78, 5) is 0. The van der Waals surface area contributed by atoms with E-state index in [2.05, 4.69) is 5.32 Å². The molecule has 0 spiro atoms. The summed E-state index contributed by atoms with van der Waals surface area (Å²) in [5.41, 5.74) is -0.490. The number of hydrogen-bond acceptors (Lipinski definition) is 5. The van der Waals surface area contributed by atoms with Crippen LogP contribution in [-0.4, -0.2) is 49.8 Å². The lowest BCUT2D eigenvalue weighted by atomic mass is 10.0. The molecule has 2 unspecified atom stereocenters. The second kappa shape index (κ2) is 6.29. The molecule has 7 heteroatoms. The SMILES string of the molecule is CC1(NCC(O)COc2ccc(F)cc2)CCS(=O)(=O)C1. The number of ether oxygens (including phenoxy) is 1. The van der Waals surface area contributed by atoms with Crippen LogP contribution in [0.1, 0.15) is 13.3 Å². The van der Waals surface area contributed by atoms with Crippen molar-refractivity contribution < 1.29 is 22.7 Å². The van der Waals surface area contributed by atoms with Crippen LogP contribution in [0.5, 0.6) is 5.75 Å². The van der Waals surface area contributed by atoms with Gasteiger partial charge in [0.05, 0.1) is 11.5 Å².